The molecule has 1 aromatic rings. The van der Waals surface area contributed by atoms with Crippen LogP contribution in [-0.4, -0.2) is 24.2 Å². The van der Waals surface area contributed by atoms with E-state index >= 15 is 0 Å². The lowest BCUT2D eigenvalue weighted by molar-refractivity contribution is 0.0588. The largest absolute Gasteiger partial charge is 0.464 e. The standard InChI is InChI=1S/C9H14N2O2/c1-13-9(12)8-4-2-6-11(8)7-3-5-10/h2,4,6H,3,5,7,10H2,1H3. The number of aromatic nitrogens is 1. The van der Waals surface area contributed by atoms with Crippen molar-refractivity contribution >= 4 is 5.97 Å². The number of hydrogen-bond donors (Lipinski definition) is 1. The second kappa shape index (κ2) is 4.67. The van der Waals surface area contributed by atoms with Gasteiger partial charge < -0.3 is 15.0 Å². The Morgan fingerprint density at radius 3 is 3.08 bits per heavy atom. The van der Waals surface area contributed by atoms with Gasteiger partial charge in [0.2, 0.25) is 0 Å². The van der Waals surface area contributed by atoms with Gasteiger partial charge in [0.05, 0.1) is 7.11 Å². The third kappa shape index (κ3) is 2.32. The number of nitrogens with two attached hydrogens (primary N) is 1. The highest BCUT2D eigenvalue weighted by Crippen LogP contribution is 2.04. The minimum absolute atomic E-state index is 0.304. The molecular weight excluding hydrogens is 168 g/mol. The topological polar surface area (TPSA) is 57.2 Å². The first-order chi connectivity index (χ1) is 6.29. The Balaban J connectivity index is 2.71. The highest BCUT2D eigenvalue weighted by Gasteiger charge is 2.09. The monoisotopic (exact) mass is 182 g/mol. The molecule has 0 amide bonds. The van der Waals surface area contributed by atoms with Crippen molar-refractivity contribution in [2.45, 2.75) is 13.0 Å². The average Bonchev–Trinajstić information content (AvgIpc) is 2.61. The first-order valence-corrected chi connectivity index (χ1v) is 4.23. The van der Waals surface area contributed by atoms with Crippen LogP contribution in [-0.2, 0) is 11.3 Å². The molecule has 1 rings (SSSR count). The van der Waals surface area contributed by atoms with Gasteiger partial charge in [-0.3, -0.25) is 0 Å². The lowest BCUT2D eigenvalue weighted by Gasteiger charge is -2.05. The van der Waals surface area contributed by atoms with Crippen LogP contribution in [0.5, 0.6) is 0 Å². The summed E-state index contributed by atoms with van der Waals surface area (Å²) < 4.78 is 6.47. The summed E-state index contributed by atoms with van der Waals surface area (Å²) in [4.78, 5) is 11.2. The van der Waals surface area contributed by atoms with Gasteiger partial charge in [-0.25, -0.2) is 4.79 Å². The molecule has 0 radical (unpaired) electrons. The summed E-state index contributed by atoms with van der Waals surface area (Å²) in [7, 11) is 1.38. The molecule has 0 bridgehead atoms. The van der Waals surface area contributed by atoms with Crippen LogP contribution in [0.4, 0.5) is 0 Å². The number of rotatable bonds is 4. The normalized spacial score (nSPS) is 10.0. The molecule has 72 valence electrons. The van der Waals surface area contributed by atoms with Crippen LogP contribution in [0.25, 0.3) is 0 Å². The molecule has 1 aromatic heterocycles. The molecule has 0 aliphatic heterocycles. The Kier molecular flexibility index (Phi) is 3.52. The molecule has 0 fully saturated rings. The van der Waals surface area contributed by atoms with Gasteiger partial charge >= 0.3 is 5.97 Å². The number of hydrogen-bond acceptors (Lipinski definition) is 3. The van der Waals surface area contributed by atoms with Gasteiger partial charge in [0.25, 0.3) is 0 Å². The summed E-state index contributed by atoms with van der Waals surface area (Å²) in [6.07, 6.45) is 2.71. The van der Waals surface area contributed by atoms with Crippen LogP contribution in [0, 0.1) is 0 Å². The van der Waals surface area contributed by atoms with E-state index in [1.165, 1.54) is 7.11 Å². The summed E-state index contributed by atoms with van der Waals surface area (Å²) in [6, 6.07) is 3.56. The highest BCUT2D eigenvalue weighted by molar-refractivity contribution is 5.87. The Morgan fingerprint density at radius 1 is 1.69 bits per heavy atom. The summed E-state index contributed by atoms with van der Waals surface area (Å²) in [5, 5.41) is 0. The number of nitrogens with zero attached hydrogens (tertiary/aromatic N) is 1. The van der Waals surface area contributed by atoms with Crippen LogP contribution in [0.1, 0.15) is 16.9 Å². The summed E-state index contributed by atoms with van der Waals surface area (Å²) in [5.41, 5.74) is 5.95. The minimum Gasteiger partial charge on any atom is -0.464 e. The summed E-state index contributed by atoms with van der Waals surface area (Å²) in [5.74, 6) is -0.304. The number of carbonyl (C=O) groups excluding carboxylic acids is 1. The smallest absolute Gasteiger partial charge is 0.354 e. The van der Waals surface area contributed by atoms with E-state index in [2.05, 4.69) is 4.74 Å². The zero-order chi connectivity index (χ0) is 9.68. The van der Waals surface area contributed by atoms with E-state index in [9.17, 15) is 4.79 Å². The van der Waals surface area contributed by atoms with Crippen LogP contribution >= 0.6 is 0 Å². The molecule has 0 unspecified atom stereocenters. The number of aryl methyl sites for hydroxylation is 1. The third-order valence-corrected chi connectivity index (χ3v) is 1.83. The molecule has 13 heavy (non-hydrogen) atoms. The minimum atomic E-state index is -0.304. The fourth-order valence-corrected chi connectivity index (χ4v) is 1.16. The number of carbonyl (C=O) groups is 1. The Labute approximate surface area is 77.3 Å². The van der Waals surface area contributed by atoms with Gasteiger partial charge in [-0.1, -0.05) is 0 Å². The van der Waals surface area contributed by atoms with E-state index in [0.717, 1.165) is 13.0 Å². The summed E-state index contributed by atoms with van der Waals surface area (Å²) in [6.45, 7) is 1.38. The number of esters is 1. The molecule has 0 saturated carbocycles. The second-order valence-corrected chi connectivity index (χ2v) is 2.72. The number of methoxy groups -OCH3 is 1. The number of ether oxygens (including phenoxy) is 1. The van der Waals surface area contributed by atoms with Crippen molar-refractivity contribution in [3.63, 3.8) is 0 Å². The molecule has 4 nitrogen and oxygen atoms in total. The van der Waals surface area contributed by atoms with Crippen LogP contribution in [0.15, 0.2) is 18.3 Å². The van der Waals surface area contributed by atoms with Gasteiger partial charge in [-0.15, -0.1) is 0 Å². The highest BCUT2D eigenvalue weighted by atomic mass is 16.5. The Morgan fingerprint density at radius 2 is 2.46 bits per heavy atom. The van der Waals surface area contributed by atoms with Crippen LogP contribution in [0.2, 0.25) is 0 Å². The lowest BCUT2D eigenvalue weighted by Crippen LogP contribution is -2.12. The first-order valence-electron chi connectivity index (χ1n) is 4.23. The van der Waals surface area contributed by atoms with E-state index in [1.54, 1.807) is 6.07 Å². The van der Waals surface area contributed by atoms with Crippen molar-refractivity contribution in [1.82, 2.24) is 4.57 Å². The second-order valence-electron chi connectivity index (χ2n) is 2.72. The van der Waals surface area contributed by atoms with Gasteiger partial charge in [0.1, 0.15) is 5.69 Å². The fraction of sp³-hybridized carbons (Fsp3) is 0.444. The lowest BCUT2D eigenvalue weighted by atomic mass is 10.4. The maximum atomic E-state index is 11.2. The van der Waals surface area contributed by atoms with Gasteiger partial charge in [-0.05, 0) is 25.1 Å². The average molecular weight is 182 g/mol. The fourth-order valence-electron chi connectivity index (χ4n) is 1.16. The molecular formula is C9H14N2O2. The van der Waals surface area contributed by atoms with E-state index < -0.39 is 0 Å². The van der Waals surface area contributed by atoms with Crippen molar-refractivity contribution in [3.8, 4) is 0 Å². The molecule has 0 aromatic carbocycles. The molecule has 0 aliphatic rings. The van der Waals surface area contributed by atoms with Gasteiger partial charge in [-0.2, -0.15) is 0 Å². The zero-order valence-corrected chi connectivity index (χ0v) is 7.69. The first kappa shape index (κ1) is 9.80. The maximum absolute atomic E-state index is 11.2. The predicted molar refractivity (Wildman–Crippen MR) is 49.4 cm³/mol. The van der Waals surface area contributed by atoms with Crippen molar-refractivity contribution in [2.24, 2.45) is 5.73 Å². The van der Waals surface area contributed by atoms with E-state index in [1.807, 2.05) is 16.8 Å². The van der Waals surface area contributed by atoms with E-state index in [0.29, 0.717) is 12.2 Å². The molecule has 1 heterocycles. The van der Waals surface area contributed by atoms with Gasteiger partial charge in [0.15, 0.2) is 0 Å². The van der Waals surface area contributed by atoms with Crippen molar-refractivity contribution in [1.29, 1.82) is 0 Å². The SMILES string of the molecule is COC(=O)c1cccn1CCCN. The summed E-state index contributed by atoms with van der Waals surface area (Å²) >= 11 is 0. The van der Waals surface area contributed by atoms with Crippen molar-refractivity contribution in [3.05, 3.63) is 24.0 Å². The Hall–Kier alpha value is -1.29. The van der Waals surface area contributed by atoms with Gasteiger partial charge in [0, 0.05) is 12.7 Å². The quantitative estimate of drug-likeness (QED) is 0.694. The van der Waals surface area contributed by atoms with Crippen molar-refractivity contribution in [2.75, 3.05) is 13.7 Å². The van der Waals surface area contributed by atoms with E-state index in [4.69, 9.17) is 5.73 Å². The predicted octanol–water partition coefficient (Wildman–Crippen LogP) is 0.624. The molecule has 0 atom stereocenters. The molecule has 4 heteroatoms. The van der Waals surface area contributed by atoms with E-state index in [-0.39, 0.29) is 5.97 Å². The maximum Gasteiger partial charge on any atom is 0.354 e. The van der Waals surface area contributed by atoms with Crippen LogP contribution < -0.4 is 5.73 Å². The molecule has 0 aliphatic carbocycles. The Bertz CT molecular complexity index is 281. The molecule has 0 spiro atoms. The van der Waals surface area contributed by atoms with Crippen LogP contribution in [0.3, 0.4) is 0 Å². The van der Waals surface area contributed by atoms with Crippen molar-refractivity contribution < 1.29 is 9.53 Å². The molecule has 2 N–H and O–H groups in total. The third-order valence-electron chi connectivity index (χ3n) is 1.83. The zero-order valence-electron chi connectivity index (χ0n) is 7.69. The molecule has 0 saturated heterocycles.